The van der Waals surface area contributed by atoms with Gasteiger partial charge in [0.05, 0.1) is 6.73 Å². The van der Waals surface area contributed by atoms with Crippen LogP contribution in [0.3, 0.4) is 0 Å². The van der Waals surface area contributed by atoms with Gasteiger partial charge >= 0.3 is 0 Å². The molecule has 0 amide bonds. The molecule has 0 aromatic carbocycles. The lowest BCUT2D eigenvalue weighted by atomic mass is 9.78. The van der Waals surface area contributed by atoms with E-state index in [2.05, 4.69) is 204 Å². The van der Waals surface area contributed by atoms with Crippen molar-refractivity contribution >= 4 is 87.0 Å². The summed E-state index contributed by atoms with van der Waals surface area (Å²) < 4.78 is 29.1. The molecule has 0 aromatic rings. The molecule has 0 bridgehead atoms. The fourth-order valence-electron chi connectivity index (χ4n) is 13.7. The van der Waals surface area contributed by atoms with E-state index in [9.17, 15) is 10.3 Å². The number of thiocarbonyl (C=S) groups is 5. The van der Waals surface area contributed by atoms with Gasteiger partial charge in [0, 0.05) is 152 Å². The fourth-order valence-corrected chi connectivity index (χ4v) is 14.8. The Morgan fingerprint density at radius 1 is 0.378 bits per heavy atom. The maximum atomic E-state index is 10.2. The van der Waals surface area contributed by atoms with Gasteiger partial charge in [-0.05, 0) is 214 Å². The molecule has 5 aliphatic rings. The normalized spacial score (nSPS) is 23.2. The zero-order valence-electron chi connectivity index (χ0n) is 59.9. The summed E-state index contributed by atoms with van der Waals surface area (Å²) in [7, 11) is 4.37. The average molecular weight is 1360 g/mol. The van der Waals surface area contributed by atoms with E-state index in [1.807, 2.05) is 27.7 Å². The Balaban J connectivity index is 0.000000563. The quantitative estimate of drug-likeness (QED) is 0.0542. The maximum absolute atomic E-state index is 10.2. The molecule has 5 fully saturated rings. The molecule has 5 aliphatic heterocycles. The average Bonchev–Trinajstić information content (AvgIpc) is 0.817. The minimum Gasteiger partial charge on any atom is -0.468 e. The Bertz CT molecular complexity index is 2120. The Morgan fingerprint density at radius 3 is 0.767 bits per heavy atom. The first-order valence-corrected chi connectivity index (χ1v) is 34.0. The monoisotopic (exact) mass is 1350 g/mol. The molecule has 5 saturated heterocycles. The molecule has 0 spiro atoms. The molecular formula is C68H126N10O7S5. The molecule has 0 saturated carbocycles. The van der Waals surface area contributed by atoms with Gasteiger partial charge in [0.25, 0.3) is 25.9 Å². The van der Waals surface area contributed by atoms with Gasteiger partial charge in [0.1, 0.15) is 30.5 Å². The van der Waals surface area contributed by atoms with Gasteiger partial charge in [0.15, 0.2) is 0 Å². The third-order valence-corrected chi connectivity index (χ3v) is 18.9. The minimum absolute atomic E-state index is 0.0169. The van der Waals surface area contributed by atoms with Crippen LogP contribution in [0.25, 0.3) is 0 Å². The number of aliphatic hydroxyl groups is 1. The zero-order valence-corrected chi connectivity index (χ0v) is 64.0. The Hall–Kier alpha value is -3.13. The van der Waals surface area contributed by atoms with E-state index in [1.54, 1.807) is 30.4 Å². The number of piperidine rings is 5. The summed E-state index contributed by atoms with van der Waals surface area (Å²) in [5.41, 5.74) is -0.200. The number of rotatable bonds is 16. The van der Waals surface area contributed by atoms with E-state index in [1.165, 1.54) is 5.06 Å². The Morgan fingerprint density at radius 2 is 0.567 bits per heavy atom. The Labute approximate surface area is 574 Å². The highest BCUT2D eigenvalue weighted by atomic mass is 32.1. The van der Waals surface area contributed by atoms with E-state index < -0.39 is 0 Å². The van der Waals surface area contributed by atoms with Gasteiger partial charge in [-0.3, -0.25) is 14.7 Å². The van der Waals surface area contributed by atoms with Crippen molar-refractivity contribution in [2.45, 2.75) is 289 Å². The van der Waals surface area contributed by atoms with Crippen molar-refractivity contribution in [1.29, 1.82) is 0 Å². The molecule has 5 heterocycles. The van der Waals surface area contributed by atoms with Crippen LogP contribution < -0.4 is 31.9 Å². The standard InChI is InChI=1S/C14H26N2O2S.2C14H26N2OS.C13H24N2O2S.C13H24N2OS/c1-6-7-15-12(19)18-11-8-13(2,3)16(10-17)14(4,5)9-11;2*1-7-8-15-12(18)17-11-9-13(2,3)16(6)14(4,5)10-11;1-6-7-14-11(18)17-10-8-12(2,3)15(16)13(4,5)9-10;1-6-7-14-11(17)16-10-8-12(2,3)15-13(4,5)9-10/h6,11,17H,1,7-10H2,2-5H3,(H,15,19);2*7,11H,1,8-10H2,2-6H3,(H,15,18);6,10,16H,1,7-9H2,2-5H3,(H,14,18);6,10,15H,1,7-9H2,2-5H3,(H,14,17). The van der Waals surface area contributed by atoms with Gasteiger partial charge in [-0.25, -0.2) is 0 Å². The highest BCUT2D eigenvalue weighted by Crippen LogP contribution is 2.42. The van der Waals surface area contributed by atoms with Gasteiger partial charge in [-0.1, -0.05) is 30.4 Å². The fraction of sp³-hybridized carbons (Fsp3) is 0.779. The predicted molar refractivity (Wildman–Crippen MR) is 397 cm³/mol. The largest absolute Gasteiger partial charge is 0.468 e. The molecule has 0 aromatic heterocycles. The van der Waals surface area contributed by atoms with E-state index >= 15 is 0 Å². The van der Waals surface area contributed by atoms with E-state index in [0.717, 1.165) is 64.2 Å². The lowest BCUT2D eigenvalue weighted by molar-refractivity contribution is -0.255. The van der Waals surface area contributed by atoms with Crippen molar-refractivity contribution in [1.82, 2.24) is 51.7 Å². The van der Waals surface area contributed by atoms with Crippen LogP contribution in [0.2, 0.25) is 0 Å². The van der Waals surface area contributed by atoms with Crippen molar-refractivity contribution in [2.75, 3.05) is 53.5 Å². The third-order valence-electron chi connectivity index (χ3n) is 17.7. The number of nitrogens with zero attached hydrogens (tertiary/aromatic N) is 4. The third kappa shape index (κ3) is 29.2. The first-order chi connectivity index (χ1) is 41.0. The summed E-state index contributed by atoms with van der Waals surface area (Å²) in [6.07, 6.45) is 18.5. The SMILES string of the molecule is C=CCNC(=S)OC1CC(C)(C)N(C)C(C)(C)C1.C=CCNC(=S)OC1CC(C)(C)N(C)C(C)(C)C1.C=CCNC(=S)OC1CC(C)(C)N(CO)C(C)(C)C1.C=CCNC(=S)OC1CC(C)(C)N(O)C(C)(C)C1.C=CCNC(=S)OC1CC(C)(C)NC(C)(C)C1. The molecule has 8 N–H and O–H groups in total. The second-order valence-corrected chi connectivity index (χ2v) is 32.8. The lowest BCUT2D eigenvalue weighted by Crippen LogP contribution is -2.62. The number of nitrogens with one attached hydrogen (secondary N) is 6. The second-order valence-electron chi connectivity index (χ2n) is 30.9. The van der Waals surface area contributed by atoms with Crippen LogP contribution in [0.4, 0.5) is 0 Å². The van der Waals surface area contributed by atoms with Crippen molar-refractivity contribution < 1.29 is 34.0 Å². The van der Waals surface area contributed by atoms with Crippen LogP contribution in [0.1, 0.15) is 203 Å². The van der Waals surface area contributed by atoms with Gasteiger partial charge < -0.3 is 65.9 Å². The topological polar surface area (TPSA) is 172 Å². The van der Waals surface area contributed by atoms with Crippen molar-refractivity contribution in [2.24, 2.45) is 0 Å². The minimum atomic E-state index is -0.319. The predicted octanol–water partition coefficient (Wildman–Crippen LogP) is 12.3. The molecule has 0 unspecified atom stereocenters. The molecule has 17 nitrogen and oxygen atoms in total. The van der Waals surface area contributed by atoms with Crippen molar-refractivity contribution in [3.8, 4) is 0 Å². The number of likely N-dealkylation sites (tertiary alicyclic amines) is 3. The molecule has 5 rings (SSSR count). The van der Waals surface area contributed by atoms with Crippen LogP contribution in [0, 0.1) is 0 Å². The van der Waals surface area contributed by atoms with Crippen LogP contribution in [0.15, 0.2) is 63.3 Å². The van der Waals surface area contributed by atoms with E-state index in [-0.39, 0.29) is 92.6 Å². The number of hydroxylamine groups is 2. The van der Waals surface area contributed by atoms with Crippen LogP contribution in [-0.4, -0.2) is 195 Å². The molecule has 0 atom stereocenters. The molecular weight excluding hydrogens is 1230 g/mol. The van der Waals surface area contributed by atoms with Crippen molar-refractivity contribution in [3.63, 3.8) is 0 Å². The number of ether oxygens (including phenoxy) is 5. The maximum Gasteiger partial charge on any atom is 0.257 e. The summed E-state index contributed by atoms with van der Waals surface area (Å²) in [4.78, 5) is 6.97. The molecule has 520 valence electrons. The second kappa shape index (κ2) is 36.1. The highest BCUT2D eigenvalue weighted by Gasteiger charge is 2.49. The molecule has 90 heavy (non-hydrogen) atoms. The summed E-state index contributed by atoms with van der Waals surface area (Å²) >= 11 is 25.8. The number of hydrogen-bond acceptors (Lipinski definition) is 17. The summed E-state index contributed by atoms with van der Waals surface area (Å²) in [5.74, 6) is 0. The summed E-state index contributed by atoms with van der Waals surface area (Å²) in [6, 6.07) is 0. The first-order valence-electron chi connectivity index (χ1n) is 32.0. The number of aliphatic hydroxyl groups excluding tert-OH is 1. The van der Waals surface area contributed by atoms with Crippen LogP contribution in [-0.2, 0) is 23.7 Å². The van der Waals surface area contributed by atoms with Gasteiger partial charge in [-0.2, -0.15) is 5.06 Å². The Kier molecular flexibility index (Phi) is 34.1. The van der Waals surface area contributed by atoms with Crippen molar-refractivity contribution in [3.05, 3.63) is 63.3 Å². The zero-order chi connectivity index (χ0) is 69.7. The summed E-state index contributed by atoms with van der Waals surface area (Å²) in [5, 5.41) is 42.1. The lowest BCUT2D eigenvalue weighted by Gasteiger charge is -2.54. The van der Waals surface area contributed by atoms with Gasteiger partial charge in [0.2, 0.25) is 0 Å². The van der Waals surface area contributed by atoms with E-state index in [0.29, 0.717) is 58.6 Å². The first kappa shape index (κ1) is 84.9. The number of hydrogen-bond donors (Lipinski definition) is 8. The summed E-state index contributed by atoms with van der Waals surface area (Å²) in [6.45, 7) is 64.8. The van der Waals surface area contributed by atoms with Crippen LogP contribution >= 0.6 is 61.1 Å². The smallest absolute Gasteiger partial charge is 0.257 e. The van der Waals surface area contributed by atoms with E-state index in [4.69, 9.17) is 84.8 Å². The molecule has 0 radical (unpaired) electrons. The van der Waals surface area contributed by atoms with Crippen LogP contribution in [0.5, 0.6) is 0 Å². The molecule has 0 aliphatic carbocycles. The highest BCUT2D eigenvalue weighted by molar-refractivity contribution is 7.80. The van der Waals surface area contributed by atoms with Gasteiger partial charge in [-0.15, -0.1) is 32.9 Å². The molecule has 22 heteroatoms.